The smallest absolute Gasteiger partial charge is 0.256 e. The number of hydrogen-bond donors (Lipinski definition) is 0. The maximum atomic E-state index is 14.0. The Balaban J connectivity index is 1.39. The van der Waals surface area contributed by atoms with E-state index in [9.17, 15) is 23.2 Å². The molecule has 8 nitrogen and oxygen atoms in total. The van der Waals surface area contributed by atoms with Gasteiger partial charge in [-0.2, -0.15) is 0 Å². The molecule has 196 valence electrons. The van der Waals surface area contributed by atoms with Crippen molar-refractivity contribution in [1.29, 1.82) is 0 Å². The summed E-state index contributed by atoms with van der Waals surface area (Å²) in [4.78, 5) is 47.4. The minimum atomic E-state index is -1.09. The number of nitrogens with zero attached hydrogens (tertiary/aromatic N) is 4. The summed E-state index contributed by atoms with van der Waals surface area (Å²) >= 11 is 0. The molecule has 3 saturated heterocycles. The van der Waals surface area contributed by atoms with Gasteiger partial charge in [0.15, 0.2) is 0 Å². The van der Waals surface area contributed by atoms with E-state index >= 15 is 0 Å². The van der Waals surface area contributed by atoms with Crippen molar-refractivity contribution >= 4 is 17.7 Å². The Morgan fingerprint density at radius 2 is 1.49 bits per heavy atom. The van der Waals surface area contributed by atoms with Gasteiger partial charge in [-0.25, -0.2) is 8.78 Å². The first-order valence-electron chi connectivity index (χ1n) is 12.5. The highest BCUT2D eigenvalue weighted by molar-refractivity contribution is 5.98. The number of carbonyl (C=O) groups excluding carboxylic acids is 3. The Morgan fingerprint density at radius 1 is 0.811 bits per heavy atom. The third-order valence-electron chi connectivity index (χ3n) is 7.57. The molecule has 0 bridgehead atoms. The van der Waals surface area contributed by atoms with Crippen LogP contribution in [0.4, 0.5) is 8.78 Å². The molecule has 2 aromatic carbocycles. The fraction of sp³-hybridized carbons (Fsp3) is 0.444. The Labute approximate surface area is 214 Å². The van der Waals surface area contributed by atoms with E-state index in [1.54, 1.807) is 9.80 Å². The van der Waals surface area contributed by atoms with Crippen LogP contribution >= 0.6 is 0 Å². The molecule has 5 rings (SSSR count). The number of likely N-dealkylation sites (tertiary alicyclic amines) is 1. The van der Waals surface area contributed by atoms with E-state index < -0.39 is 29.3 Å². The van der Waals surface area contributed by atoms with Gasteiger partial charge in [-0.15, -0.1) is 0 Å². The molecule has 0 aromatic heterocycles. The molecule has 0 unspecified atom stereocenters. The van der Waals surface area contributed by atoms with Crippen LogP contribution in [0.2, 0.25) is 0 Å². The first kappa shape index (κ1) is 25.3. The minimum Gasteiger partial charge on any atom is -0.353 e. The molecule has 3 aliphatic rings. The maximum Gasteiger partial charge on any atom is 0.256 e. The van der Waals surface area contributed by atoms with Gasteiger partial charge < -0.3 is 19.4 Å². The lowest BCUT2D eigenvalue weighted by Gasteiger charge is -2.45. The van der Waals surface area contributed by atoms with Gasteiger partial charge in [0.25, 0.3) is 11.8 Å². The highest BCUT2D eigenvalue weighted by Crippen LogP contribution is 2.39. The highest BCUT2D eigenvalue weighted by atomic mass is 19.1. The van der Waals surface area contributed by atoms with Crippen LogP contribution < -0.4 is 0 Å². The largest absolute Gasteiger partial charge is 0.353 e. The van der Waals surface area contributed by atoms with Crippen LogP contribution in [0.25, 0.3) is 0 Å². The van der Waals surface area contributed by atoms with Crippen LogP contribution in [0.1, 0.15) is 33.6 Å². The molecular weight excluding hydrogens is 482 g/mol. The van der Waals surface area contributed by atoms with E-state index in [-0.39, 0.29) is 24.0 Å². The number of ether oxygens (including phenoxy) is 1. The molecule has 3 heterocycles. The molecule has 3 fully saturated rings. The van der Waals surface area contributed by atoms with Gasteiger partial charge in [0.1, 0.15) is 23.4 Å². The molecule has 37 heavy (non-hydrogen) atoms. The minimum absolute atomic E-state index is 0.0398. The van der Waals surface area contributed by atoms with Crippen molar-refractivity contribution in [3.63, 3.8) is 0 Å². The lowest BCUT2D eigenvalue weighted by Crippen LogP contribution is -2.61. The zero-order chi connectivity index (χ0) is 26.2. The standard InChI is InChI=1S/C27H30F2N4O4/c1-30-13-15-32(16-14-30)26(36)23-18-37-27(33(23)25(35)20-3-2-4-22(29)17-20)9-11-31(12-10-27)24(34)19-5-7-21(28)8-6-19/h2-8,17,23H,9-16,18H2,1H3/t23-/m1/s1. The van der Waals surface area contributed by atoms with Crippen molar-refractivity contribution < 1.29 is 27.9 Å². The second kappa shape index (κ2) is 10.2. The number of carbonyl (C=O) groups is 3. The summed E-state index contributed by atoms with van der Waals surface area (Å²) in [6.07, 6.45) is 0.598. The summed E-state index contributed by atoms with van der Waals surface area (Å²) in [5, 5.41) is 0. The number of piperidine rings is 1. The summed E-state index contributed by atoms with van der Waals surface area (Å²) < 4.78 is 33.5. The summed E-state index contributed by atoms with van der Waals surface area (Å²) in [5.41, 5.74) is -0.568. The summed E-state index contributed by atoms with van der Waals surface area (Å²) in [6, 6.07) is 9.96. The fourth-order valence-corrected chi connectivity index (χ4v) is 5.39. The van der Waals surface area contributed by atoms with Crippen molar-refractivity contribution in [2.75, 3.05) is 52.9 Å². The second-order valence-electron chi connectivity index (χ2n) is 9.89. The van der Waals surface area contributed by atoms with Crippen molar-refractivity contribution in [2.45, 2.75) is 24.6 Å². The average molecular weight is 513 g/mol. The van der Waals surface area contributed by atoms with E-state index in [0.29, 0.717) is 44.6 Å². The van der Waals surface area contributed by atoms with Crippen molar-refractivity contribution in [1.82, 2.24) is 19.6 Å². The molecule has 0 saturated carbocycles. The maximum absolute atomic E-state index is 14.0. The monoisotopic (exact) mass is 512 g/mol. The molecule has 0 aliphatic carbocycles. The molecule has 0 radical (unpaired) electrons. The van der Waals surface area contributed by atoms with E-state index in [0.717, 1.165) is 13.1 Å². The molecule has 0 N–H and O–H groups in total. The number of rotatable bonds is 3. The first-order chi connectivity index (χ1) is 17.8. The third-order valence-corrected chi connectivity index (χ3v) is 7.57. The number of halogens is 2. The van der Waals surface area contributed by atoms with Gasteiger partial charge in [-0.1, -0.05) is 6.07 Å². The van der Waals surface area contributed by atoms with E-state index in [1.807, 2.05) is 7.05 Å². The molecular formula is C27H30F2N4O4. The van der Waals surface area contributed by atoms with Crippen molar-refractivity contribution in [3.05, 3.63) is 71.3 Å². The fourth-order valence-electron chi connectivity index (χ4n) is 5.39. The Kier molecular flexibility index (Phi) is 6.96. The van der Waals surface area contributed by atoms with Gasteiger partial charge >= 0.3 is 0 Å². The highest BCUT2D eigenvalue weighted by Gasteiger charge is 2.55. The Morgan fingerprint density at radius 3 is 2.14 bits per heavy atom. The summed E-state index contributed by atoms with van der Waals surface area (Å²) in [6.45, 7) is 3.21. The summed E-state index contributed by atoms with van der Waals surface area (Å²) in [7, 11) is 2.00. The molecule has 2 aromatic rings. The molecule has 3 aliphatic heterocycles. The van der Waals surface area contributed by atoms with Crippen LogP contribution in [-0.2, 0) is 9.53 Å². The number of amides is 3. The number of piperazine rings is 1. The average Bonchev–Trinajstić information content (AvgIpc) is 3.27. The van der Waals surface area contributed by atoms with Gasteiger partial charge in [0.2, 0.25) is 5.91 Å². The normalized spacial score (nSPS) is 21.9. The van der Waals surface area contributed by atoms with Crippen LogP contribution in [-0.4, -0.2) is 102 Å². The summed E-state index contributed by atoms with van der Waals surface area (Å²) in [5.74, 6) is -1.85. The van der Waals surface area contributed by atoms with E-state index in [2.05, 4.69) is 4.90 Å². The molecule has 3 amide bonds. The van der Waals surface area contributed by atoms with Gasteiger partial charge in [0, 0.05) is 63.2 Å². The van der Waals surface area contributed by atoms with E-state index in [1.165, 1.54) is 53.4 Å². The van der Waals surface area contributed by atoms with Gasteiger partial charge in [0.05, 0.1) is 6.61 Å². The van der Waals surface area contributed by atoms with Gasteiger partial charge in [-0.05, 0) is 49.5 Å². The molecule has 10 heteroatoms. The molecule has 1 atom stereocenters. The Bertz CT molecular complexity index is 1180. The van der Waals surface area contributed by atoms with Crippen LogP contribution in [0.15, 0.2) is 48.5 Å². The van der Waals surface area contributed by atoms with Gasteiger partial charge in [-0.3, -0.25) is 19.3 Å². The Hall–Kier alpha value is -3.37. The SMILES string of the molecule is CN1CCN(C(=O)[C@H]2COC3(CCN(C(=O)c4ccc(F)cc4)CC3)N2C(=O)c2cccc(F)c2)CC1. The number of hydrogen-bond acceptors (Lipinski definition) is 5. The lowest BCUT2D eigenvalue weighted by molar-refractivity contribution is -0.139. The zero-order valence-corrected chi connectivity index (χ0v) is 20.7. The quantitative estimate of drug-likeness (QED) is 0.631. The zero-order valence-electron chi connectivity index (χ0n) is 20.7. The number of benzene rings is 2. The predicted octanol–water partition coefficient (Wildman–Crippen LogP) is 2.21. The lowest BCUT2D eigenvalue weighted by atomic mass is 9.96. The first-order valence-corrected chi connectivity index (χ1v) is 12.5. The van der Waals surface area contributed by atoms with Crippen molar-refractivity contribution in [2.24, 2.45) is 0 Å². The second-order valence-corrected chi connectivity index (χ2v) is 9.89. The van der Waals surface area contributed by atoms with E-state index in [4.69, 9.17) is 4.74 Å². The third kappa shape index (κ3) is 4.95. The van der Waals surface area contributed by atoms with Crippen LogP contribution in [0.5, 0.6) is 0 Å². The number of likely N-dealkylation sites (N-methyl/N-ethyl adjacent to an activating group) is 1. The topological polar surface area (TPSA) is 73.4 Å². The molecule has 1 spiro atoms. The van der Waals surface area contributed by atoms with Crippen LogP contribution in [0, 0.1) is 11.6 Å². The van der Waals surface area contributed by atoms with Crippen LogP contribution in [0.3, 0.4) is 0 Å². The van der Waals surface area contributed by atoms with Crippen molar-refractivity contribution in [3.8, 4) is 0 Å². The predicted molar refractivity (Wildman–Crippen MR) is 131 cm³/mol.